The third-order valence-corrected chi connectivity index (χ3v) is 5.17. The minimum atomic E-state index is -0.0259. The Bertz CT molecular complexity index is 715. The molecule has 3 aromatic rings. The molecular formula is C24H26. The van der Waals surface area contributed by atoms with Crippen molar-refractivity contribution in [3.8, 4) is 0 Å². The predicted molar refractivity (Wildman–Crippen MR) is 103 cm³/mol. The lowest BCUT2D eigenvalue weighted by Crippen LogP contribution is -2.33. The highest BCUT2D eigenvalue weighted by Crippen LogP contribution is 2.43. The predicted octanol–water partition coefficient (Wildman–Crippen LogP) is 6.36. The van der Waals surface area contributed by atoms with Crippen molar-refractivity contribution in [1.29, 1.82) is 0 Å². The van der Waals surface area contributed by atoms with Gasteiger partial charge in [0.05, 0.1) is 0 Å². The Balaban J connectivity index is 2.06. The standard InChI is InChI=1S/C24H26/c1-23(2,20-13-7-4-8-14-20)19-24(3,21-15-9-5-10-16-21)22-17-11-6-12-18-22/h4-18H,19H2,1-3H3. The molecule has 0 aliphatic heterocycles. The third kappa shape index (κ3) is 3.28. The molecule has 0 nitrogen and oxygen atoms in total. The van der Waals surface area contributed by atoms with E-state index in [2.05, 4.69) is 112 Å². The fraction of sp³-hybridized carbons (Fsp3) is 0.250. The Hall–Kier alpha value is -2.34. The van der Waals surface area contributed by atoms with Crippen LogP contribution in [0.3, 0.4) is 0 Å². The summed E-state index contributed by atoms with van der Waals surface area (Å²) in [6.07, 6.45) is 1.05. The molecule has 3 rings (SSSR count). The summed E-state index contributed by atoms with van der Waals surface area (Å²) >= 11 is 0. The van der Waals surface area contributed by atoms with Crippen LogP contribution < -0.4 is 0 Å². The molecule has 0 unspecified atom stereocenters. The summed E-state index contributed by atoms with van der Waals surface area (Å²) in [4.78, 5) is 0. The van der Waals surface area contributed by atoms with Crippen molar-refractivity contribution in [2.24, 2.45) is 0 Å². The van der Waals surface area contributed by atoms with Gasteiger partial charge in [0.2, 0.25) is 0 Å². The smallest absolute Gasteiger partial charge is 0.0183 e. The molecule has 0 radical (unpaired) electrons. The van der Waals surface area contributed by atoms with Gasteiger partial charge >= 0.3 is 0 Å². The highest BCUT2D eigenvalue weighted by molar-refractivity contribution is 5.40. The van der Waals surface area contributed by atoms with Gasteiger partial charge in [-0.25, -0.2) is 0 Å². The molecule has 3 aromatic carbocycles. The molecule has 0 heterocycles. The molecule has 0 atom stereocenters. The quantitative estimate of drug-likeness (QED) is 0.514. The van der Waals surface area contributed by atoms with Gasteiger partial charge in [0.1, 0.15) is 0 Å². The third-order valence-electron chi connectivity index (χ3n) is 5.17. The highest BCUT2D eigenvalue weighted by Gasteiger charge is 2.36. The maximum Gasteiger partial charge on any atom is 0.0183 e. The van der Waals surface area contributed by atoms with Crippen molar-refractivity contribution < 1.29 is 0 Å². The summed E-state index contributed by atoms with van der Waals surface area (Å²) in [5, 5.41) is 0. The van der Waals surface area contributed by atoms with E-state index < -0.39 is 0 Å². The van der Waals surface area contributed by atoms with Crippen LogP contribution in [0.5, 0.6) is 0 Å². The van der Waals surface area contributed by atoms with Gasteiger partial charge in [-0.3, -0.25) is 0 Å². The molecule has 0 bridgehead atoms. The van der Waals surface area contributed by atoms with Gasteiger partial charge in [0.25, 0.3) is 0 Å². The maximum absolute atomic E-state index is 2.38. The second-order valence-corrected chi connectivity index (χ2v) is 7.49. The Morgan fingerprint density at radius 1 is 0.500 bits per heavy atom. The van der Waals surface area contributed by atoms with Gasteiger partial charge in [-0.2, -0.15) is 0 Å². The highest BCUT2D eigenvalue weighted by atomic mass is 14.4. The van der Waals surface area contributed by atoms with E-state index in [0.717, 1.165) is 6.42 Å². The largest absolute Gasteiger partial charge is 0.0622 e. The number of hydrogen-bond donors (Lipinski definition) is 0. The summed E-state index contributed by atoms with van der Waals surface area (Å²) in [5.74, 6) is 0. The molecular weight excluding hydrogens is 288 g/mol. The molecule has 122 valence electrons. The fourth-order valence-electron chi connectivity index (χ4n) is 3.86. The van der Waals surface area contributed by atoms with Crippen LogP contribution in [0.4, 0.5) is 0 Å². The molecule has 0 N–H and O–H groups in total. The molecule has 0 amide bonds. The molecule has 0 spiro atoms. The van der Waals surface area contributed by atoms with E-state index >= 15 is 0 Å². The van der Waals surface area contributed by atoms with Crippen LogP contribution in [0, 0.1) is 0 Å². The molecule has 24 heavy (non-hydrogen) atoms. The normalized spacial score (nSPS) is 12.1. The van der Waals surface area contributed by atoms with Crippen LogP contribution in [-0.4, -0.2) is 0 Å². The van der Waals surface area contributed by atoms with E-state index in [1.54, 1.807) is 0 Å². The first kappa shape index (κ1) is 16.5. The van der Waals surface area contributed by atoms with Gasteiger partial charge in [0, 0.05) is 5.41 Å². The van der Waals surface area contributed by atoms with Gasteiger partial charge < -0.3 is 0 Å². The molecule has 0 saturated heterocycles. The van der Waals surface area contributed by atoms with Gasteiger partial charge in [-0.15, -0.1) is 0 Å². The summed E-state index contributed by atoms with van der Waals surface area (Å²) in [5.41, 5.74) is 4.20. The van der Waals surface area contributed by atoms with Gasteiger partial charge in [-0.05, 0) is 28.5 Å². The molecule has 0 aliphatic carbocycles. The maximum atomic E-state index is 2.38. The molecule has 0 aliphatic rings. The van der Waals surface area contributed by atoms with E-state index in [1.807, 2.05) is 0 Å². The lowest BCUT2D eigenvalue weighted by atomic mass is 9.64. The van der Waals surface area contributed by atoms with Crippen LogP contribution >= 0.6 is 0 Å². The van der Waals surface area contributed by atoms with Crippen LogP contribution in [0.1, 0.15) is 43.9 Å². The van der Waals surface area contributed by atoms with E-state index in [9.17, 15) is 0 Å². The Morgan fingerprint density at radius 3 is 1.21 bits per heavy atom. The number of hydrogen-bond acceptors (Lipinski definition) is 0. The minimum Gasteiger partial charge on any atom is -0.0622 e. The zero-order chi connectivity index (χ0) is 17.0. The summed E-state index contributed by atoms with van der Waals surface area (Å²) < 4.78 is 0. The van der Waals surface area contributed by atoms with Crippen molar-refractivity contribution in [1.82, 2.24) is 0 Å². The summed E-state index contributed by atoms with van der Waals surface area (Å²) in [7, 11) is 0. The van der Waals surface area contributed by atoms with Gasteiger partial charge in [-0.1, -0.05) is 112 Å². The first-order valence-electron chi connectivity index (χ1n) is 8.69. The zero-order valence-corrected chi connectivity index (χ0v) is 14.9. The zero-order valence-electron chi connectivity index (χ0n) is 14.9. The SMILES string of the molecule is CC(C)(CC(C)(c1ccccc1)c1ccccc1)c1ccccc1. The van der Waals surface area contributed by atoms with E-state index in [1.165, 1.54) is 16.7 Å². The van der Waals surface area contributed by atoms with Gasteiger partial charge in [0.15, 0.2) is 0 Å². The molecule has 0 heteroatoms. The van der Waals surface area contributed by atoms with Crippen LogP contribution in [0.2, 0.25) is 0 Å². The monoisotopic (exact) mass is 314 g/mol. The topological polar surface area (TPSA) is 0 Å². The van der Waals surface area contributed by atoms with Crippen molar-refractivity contribution >= 4 is 0 Å². The Labute approximate surface area is 146 Å². The second-order valence-electron chi connectivity index (χ2n) is 7.49. The van der Waals surface area contributed by atoms with Crippen LogP contribution in [-0.2, 0) is 10.8 Å². The fourth-order valence-corrected chi connectivity index (χ4v) is 3.86. The average Bonchev–Trinajstić information content (AvgIpc) is 2.63. The summed E-state index contributed by atoms with van der Waals surface area (Å²) in [6.45, 7) is 7.08. The Morgan fingerprint density at radius 2 is 0.833 bits per heavy atom. The number of rotatable bonds is 5. The van der Waals surface area contributed by atoms with Crippen molar-refractivity contribution in [3.63, 3.8) is 0 Å². The van der Waals surface area contributed by atoms with E-state index in [0.29, 0.717) is 0 Å². The Kier molecular flexibility index (Phi) is 4.57. The van der Waals surface area contributed by atoms with Crippen molar-refractivity contribution in [3.05, 3.63) is 108 Å². The van der Waals surface area contributed by atoms with Crippen LogP contribution in [0.15, 0.2) is 91.0 Å². The first-order chi connectivity index (χ1) is 11.5. The molecule has 0 fully saturated rings. The first-order valence-corrected chi connectivity index (χ1v) is 8.69. The molecule has 0 aromatic heterocycles. The number of benzene rings is 3. The molecule has 0 saturated carbocycles. The van der Waals surface area contributed by atoms with E-state index in [-0.39, 0.29) is 10.8 Å². The van der Waals surface area contributed by atoms with Crippen LogP contribution in [0.25, 0.3) is 0 Å². The second kappa shape index (κ2) is 6.65. The minimum absolute atomic E-state index is 0.0259. The average molecular weight is 314 g/mol. The lowest BCUT2D eigenvalue weighted by molar-refractivity contribution is 0.370. The summed E-state index contributed by atoms with van der Waals surface area (Å²) in [6, 6.07) is 32.7. The van der Waals surface area contributed by atoms with Crippen molar-refractivity contribution in [2.75, 3.05) is 0 Å². The van der Waals surface area contributed by atoms with Crippen molar-refractivity contribution in [2.45, 2.75) is 38.0 Å². The lowest BCUT2D eigenvalue weighted by Gasteiger charge is -2.39. The van der Waals surface area contributed by atoms with E-state index in [4.69, 9.17) is 0 Å².